The van der Waals surface area contributed by atoms with Crippen LogP contribution in [0.2, 0.25) is 0 Å². The number of ether oxygens (including phenoxy) is 1. The van der Waals surface area contributed by atoms with Crippen LogP contribution in [0.25, 0.3) is 0 Å². The van der Waals surface area contributed by atoms with E-state index in [2.05, 4.69) is 16.4 Å². The van der Waals surface area contributed by atoms with Crippen LogP contribution in [0.3, 0.4) is 0 Å². The van der Waals surface area contributed by atoms with Gasteiger partial charge in [-0.2, -0.15) is 0 Å². The molecule has 30 heavy (non-hydrogen) atoms. The number of carbonyl (C=O) groups is 1. The van der Waals surface area contributed by atoms with Crippen molar-refractivity contribution in [1.82, 2.24) is 5.32 Å². The molecule has 0 amide bonds. The van der Waals surface area contributed by atoms with Crippen LogP contribution in [0.1, 0.15) is 30.4 Å². The lowest BCUT2D eigenvalue weighted by Crippen LogP contribution is -2.50. The SMILES string of the molecule is NCc1ccc2c(c1)C1(CCNCC1)C(C(=O)C1=CCC3=NC=C(B(O)O)C3=C1)O2. The van der Waals surface area contributed by atoms with Crippen molar-refractivity contribution in [2.24, 2.45) is 10.7 Å². The lowest BCUT2D eigenvalue weighted by molar-refractivity contribution is -0.124. The molecule has 1 aromatic carbocycles. The fourth-order valence-corrected chi connectivity index (χ4v) is 5.02. The number of aliphatic imine (C=N–C) groups is 1. The summed E-state index contributed by atoms with van der Waals surface area (Å²) >= 11 is 0. The van der Waals surface area contributed by atoms with Crippen molar-refractivity contribution in [3.63, 3.8) is 0 Å². The van der Waals surface area contributed by atoms with Crippen LogP contribution in [0.15, 0.2) is 58.2 Å². The van der Waals surface area contributed by atoms with Crippen LogP contribution in [0.5, 0.6) is 5.75 Å². The lowest BCUT2D eigenvalue weighted by atomic mass is 9.67. The molecule has 1 aromatic rings. The molecule has 0 bridgehead atoms. The summed E-state index contributed by atoms with van der Waals surface area (Å²) in [6, 6.07) is 5.96. The van der Waals surface area contributed by atoms with E-state index in [1.54, 1.807) is 6.08 Å². The predicted molar refractivity (Wildman–Crippen MR) is 114 cm³/mol. The van der Waals surface area contributed by atoms with Gasteiger partial charge in [0.15, 0.2) is 6.10 Å². The molecule has 1 unspecified atom stereocenters. The number of fused-ring (bicyclic) bond motifs is 3. The van der Waals surface area contributed by atoms with Crippen molar-refractivity contribution in [1.29, 1.82) is 0 Å². The predicted octanol–water partition coefficient (Wildman–Crippen LogP) is 0.704. The minimum Gasteiger partial charge on any atom is -0.481 e. The quantitative estimate of drug-likeness (QED) is 0.548. The topological polar surface area (TPSA) is 117 Å². The summed E-state index contributed by atoms with van der Waals surface area (Å²) < 4.78 is 6.27. The molecule has 5 rings (SSSR count). The van der Waals surface area contributed by atoms with Crippen molar-refractivity contribution in [2.75, 3.05) is 13.1 Å². The number of nitrogens with zero attached hydrogens (tertiary/aromatic N) is 1. The van der Waals surface area contributed by atoms with E-state index >= 15 is 0 Å². The lowest BCUT2D eigenvalue weighted by Gasteiger charge is -2.37. The molecule has 4 aliphatic rings. The zero-order valence-corrected chi connectivity index (χ0v) is 16.6. The third-order valence-corrected chi connectivity index (χ3v) is 6.66. The Bertz CT molecular complexity index is 1030. The van der Waals surface area contributed by atoms with E-state index in [9.17, 15) is 14.8 Å². The number of nitrogens with one attached hydrogen (secondary N) is 1. The fraction of sp³-hybridized carbons (Fsp3) is 0.364. The summed E-state index contributed by atoms with van der Waals surface area (Å²) in [5, 5.41) is 22.6. The minimum atomic E-state index is -1.62. The van der Waals surface area contributed by atoms with Gasteiger partial charge >= 0.3 is 7.12 Å². The van der Waals surface area contributed by atoms with Crippen LogP contribution in [0, 0.1) is 0 Å². The largest absolute Gasteiger partial charge is 0.490 e. The Balaban J connectivity index is 1.51. The minimum absolute atomic E-state index is 0.0763. The zero-order valence-electron chi connectivity index (χ0n) is 16.6. The van der Waals surface area contributed by atoms with Gasteiger partial charge in [0.05, 0.1) is 5.71 Å². The highest BCUT2D eigenvalue weighted by molar-refractivity contribution is 6.54. The van der Waals surface area contributed by atoms with E-state index in [0.29, 0.717) is 29.6 Å². The summed E-state index contributed by atoms with van der Waals surface area (Å²) in [5.41, 5.74) is 9.80. The maximum atomic E-state index is 13.7. The number of ketones is 1. The van der Waals surface area contributed by atoms with Crippen molar-refractivity contribution in [3.05, 3.63) is 64.3 Å². The van der Waals surface area contributed by atoms with Gasteiger partial charge in [0.25, 0.3) is 0 Å². The Kier molecular flexibility index (Phi) is 4.74. The number of hydrogen-bond acceptors (Lipinski definition) is 7. The Labute approximate surface area is 175 Å². The third kappa shape index (κ3) is 2.91. The van der Waals surface area contributed by atoms with E-state index < -0.39 is 13.2 Å². The zero-order chi connectivity index (χ0) is 20.9. The van der Waals surface area contributed by atoms with Gasteiger partial charge in [-0.05, 0) is 49.2 Å². The van der Waals surface area contributed by atoms with Crippen LogP contribution in [-0.4, -0.2) is 47.9 Å². The van der Waals surface area contributed by atoms with Gasteiger partial charge in [0.1, 0.15) is 5.75 Å². The molecule has 8 heteroatoms. The molecule has 1 aliphatic carbocycles. The number of nitrogens with two attached hydrogens (primary N) is 1. The summed E-state index contributed by atoms with van der Waals surface area (Å²) in [4.78, 5) is 17.9. The number of piperidine rings is 1. The van der Waals surface area contributed by atoms with Gasteiger partial charge in [-0.1, -0.05) is 18.2 Å². The Hall–Kier alpha value is -2.52. The van der Waals surface area contributed by atoms with Crippen LogP contribution < -0.4 is 15.8 Å². The van der Waals surface area contributed by atoms with Gasteiger partial charge in [0.2, 0.25) is 5.78 Å². The molecular formula is C22H24BN3O4. The molecule has 1 saturated heterocycles. The van der Waals surface area contributed by atoms with Gasteiger partial charge in [0, 0.05) is 41.2 Å². The number of carbonyl (C=O) groups excluding carboxylic acids is 1. The van der Waals surface area contributed by atoms with Gasteiger partial charge in [-0.25, -0.2) is 0 Å². The maximum absolute atomic E-state index is 13.7. The normalized spacial score (nSPS) is 23.6. The first kappa shape index (κ1) is 19.4. The van der Waals surface area contributed by atoms with Gasteiger partial charge in [-0.15, -0.1) is 0 Å². The standard InChI is InChI=1S/C22H24BN3O4/c24-11-13-1-4-19-16(9-13)22(5-7-25-8-6-22)21(30-19)20(27)14-2-3-18-15(10-14)17(12-26-18)23(28)29/h1-2,4,9-10,12,21,25,28-29H,3,5-8,11,24H2. The molecular weight excluding hydrogens is 381 g/mol. The molecule has 1 atom stereocenters. The second-order valence-corrected chi connectivity index (χ2v) is 8.26. The maximum Gasteiger partial charge on any atom is 0.490 e. The molecule has 3 aliphatic heterocycles. The highest BCUT2D eigenvalue weighted by atomic mass is 16.5. The van der Waals surface area contributed by atoms with Crippen molar-refractivity contribution >= 4 is 18.6 Å². The van der Waals surface area contributed by atoms with E-state index in [-0.39, 0.29) is 11.2 Å². The number of benzene rings is 1. The second-order valence-electron chi connectivity index (χ2n) is 8.26. The summed E-state index contributed by atoms with van der Waals surface area (Å²) in [7, 11) is -1.62. The number of rotatable bonds is 4. The summed E-state index contributed by atoms with van der Waals surface area (Å²) in [5.74, 6) is 0.679. The summed E-state index contributed by atoms with van der Waals surface area (Å²) in [6.45, 7) is 2.08. The monoisotopic (exact) mass is 405 g/mol. The smallest absolute Gasteiger partial charge is 0.481 e. The van der Waals surface area contributed by atoms with Crippen molar-refractivity contribution in [3.8, 4) is 5.75 Å². The second kappa shape index (κ2) is 7.32. The van der Waals surface area contributed by atoms with Gasteiger partial charge < -0.3 is 25.8 Å². The molecule has 0 aromatic heterocycles. The molecule has 3 heterocycles. The highest BCUT2D eigenvalue weighted by Gasteiger charge is 2.53. The van der Waals surface area contributed by atoms with Crippen molar-refractivity contribution in [2.45, 2.75) is 37.3 Å². The molecule has 1 fully saturated rings. The molecule has 1 spiro atoms. The Morgan fingerprint density at radius 3 is 2.87 bits per heavy atom. The Morgan fingerprint density at radius 1 is 1.33 bits per heavy atom. The van der Waals surface area contributed by atoms with Crippen LogP contribution in [0.4, 0.5) is 0 Å². The van der Waals surface area contributed by atoms with Crippen molar-refractivity contribution < 1.29 is 19.6 Å². The van der Waals surface area contributed by atoms with Gasteiger partial charge in [-0.3, -0.25) is 9.79 Å². The first-order chi connectivity index (χ1) is 14.5. The molecule has 0 saturated carbocycles. The van der Waals surface area contributed by atoms with E-state index in [1.165, 1.54) is 6.20 Å². The molecule has 0 radical (unpaired) electrons. The number of hydrogen-bond donors (Lipinski definition) is 4. The number of Topliss-reactive ketones (excluding diaryl/α,β-unsaturated/α-hetero) is 1. The Morgan fingerprint density at radius 2 is 2.13 bits per heavy atom. The average Bonchev–Trinajstić information content (AvgIpc) is 3.33. The molecule has 7 nitrogen and oxygen atoms in total. The van der Waals surface area contributed by atoms with E-state index in [4.69, 9.17) is 10.5 Å². The van der Waals surface area contributed by atoms with E-state index in [0.717, 1.165) is 48.5 Å². The highest BCUT2D eigenvalue weighted by Crippen LogP contribution is 2.50. The van der Waals surface area contributed by atoms with E-state index in [1.807, 2.05) is 18.2 Å². The first-order valence-corrected chi connectivity index (χ1v) is 10.3. The molecule has 154 valence electrons. The van der Waals surface area contributed by atoms with Crippen LogP contribution in [-0.2, 0) is 16.8 Å². The first-order valence-electron chi connectivity index (χ1n) is 10.3. The average molecular weight is 405 g/mol. The third-order valence-electron chi connectivity index (χ3n) is 6.66. The summed E-state index contributed by atoms with van der Waals surface area (Å²) in [6.07, 6.45) is 6.51. The fourth-order valence-electron chi connectivity index (χ4n) is 5.02. The number of allylic oxidation sites excluding steroid dienone is 4. The molecule has 5 N–H and O–H groups in total. The van der Waals surface area contributed by atoms with Crippen LogP contribution >= 0.6 is 0 Å².